The number of hydrogen-bond acceptors (Lipinski definition) is 13. The molecule has 2 fully saturated rings. The number of esters is 3. The molecule has 7 aliphatic rings. The van der Waals surface area contributed by atoms with E-state index in [0.717, 1.165) is 22.0 Å². The zero-order chi connectivity index (χ0) is 47.7. The van der Waals surface area contributed by atoms with Crippen molar-refractivity contribution in [3.8, 4) is 5.75 Å². The lowest BCUT2D eigenvalue weighted by atomic mass is 9.47. The van der Waals surface area contributed by atoms with Crippen LogP contribution in [0.2, 0.25) is 0 Å². The van der Waals surface area contributed by atoms with Crippen molar-refractivity contribution in [3.05, 3.63) is 93.9 Å². The van der Waals surface area contributed by atoms with E-state index in [1.807, 2.05) is 80.1 Å². The number of nitrogens with zero attached hydrogens (tertiary/aromatic N) is 4. The van der Waals surface area contributed by atoms with Gasteiger partial charge < -0.3 is 38.8 Å². The Morgan fingerprint density at radius 2 is 1.73 bits per heavy atom. The van der Waals surface area contributed by atoms with Crippen LogP contribution in [0.3, 0.4) is 0 Å². The summed E-state index contributed by atoms with van der Waals surface area (Å²) in [7, 11) is 6.03. The maximum absolute atomic E-state index is 15.7. The average Bonchev–Trinajstić information content (AvgIpc) is 4.03. The molecular weight excluding hydrogens is 855 g/mol. The summed E-state index contributed by atoms with van der Waals surface area (Å²) in [6, 6.07) is 9.96. The number of aromatic amines is 1. The number of H-pyrrole nitrogens is 1. The first kappa shape index (κ1) is 44.9. The first-order valence-corrected chi connectivity index (χ1v) is 23.6. The third kappa shape index (κ3) is 5.73. The van der Waals surface area contributed by atoms with E-state index in [0.29, 0.717) is 85.0 Å². The molecule has 2 aromatic carbocycles. The van der Waals surface area contributed by atoms with Gasteiger partial charge in [0.15, 0.2) is 6.10 Å². The number of nitrogens with one attached hydrogen (secondary N) is 1. The molecule has 7 heterocycles. The van der Waals surface area contributed by atoms with Crippen LogP contribution in [0.1, 0.15) is 82.7 Å². The Morgan fingerprint density at radius 1 is 0.985 bits per heavy atom. The lowest BCUT2D eigenvalue weighted by Crippen LogP contribution is -2.81. The third-order valence-corrected chi connectivity index (χ3v) is 16.7. The number of aromatic nitrogens is 1. The lowest BCUT2D eigenvalue weighted by molar-refractivity contribution is -0.228. The Hall–Kier alpha value is -5.93. The van der Waals surface area contributed by atoms with Crippen LogP contribution in [0.4, 0.5) is 5.69 Å². The second-order valence-electron chi connectivity index (χ2n) is 20.0. The Balaban J connectivity index is 1.30. The van der Waals surface area contributed by atoms with Gasteiger partial charge in [0.1, 0.15) is 16.9 Å². The molecule has 2 amide bonds. The molecule has 354 valence electrons. The second kappa shape index (κ2) is 15.6. The van der Waals surface area contributed by atoms with Crippen LogP contribution in [-0.2, 0) is 55.4 Å². The number of imide groups is 1. The molecule has 10 rings (SSSR count). The van der Waals surface area contributed by atoms with Crippen LogP contribution in [0.5, 0.6) is 5.75 Å². The number of hydrogen-bond donors (Lipinski definition) is 2. The molecule has 1 saturated heterocycles. The van der Waals surface area contributed by atoms with Gasteiger partial charge in [-0.15, -0.1) is 0 Å². The first-order chi connectivity index (χ1) is 32.0. The van der Waals surface area contributed by atoms with Gasteiger partial charge in [0, 0.05) is 96.9 Å². The topological polar surface area (TPSA) is 171 Å². The van der Waals surface area contributed by atoms with Crippen LogP contribution in [-0.4, -0.2) is 139 Å². The maximum atomic E-state index is 15.7. The fourth-order valence-electron chi connectivity index (χ4n) is 14.3. The Bertz CT molecular complexity index is 2760. The molecule has 3 aromatic rings. The standard InChI is InChI=1S/C52H61N5O10/c1-10-30-21-31-25-51(47(61)65-8,41-33(32-15-12-13-16-37(32)53-41)22-34-40(56(26-30)27-31)43(60)57(28(3)4)42(34)59)36-23-35-38(24-39(36)64-7)54(6)45-50(35)18-20-55-19-14-17-49(11-2,44(50)55)46(67-29(5)58)52(45,63)48(62)66-9/h12-17,21,23-24,28,31,44-46,53,63H,10-11,18-20,22,25-27H2,1-9H3/t31-,44+,45-,46-,49-,50-,51+,52+/m1/s1. The molecule has 0 radical (unpaired) electrons. The summed E-state index contributed by atoms with van der Waals surface area (Å²) in [4.78, 5) is 83.9. The summed E-state index contributed by atoms with van der Waals surface area (Å²) in [5.41, 5.74) is -0.192. The predicted octanol–water partition coefficient (Wildman–Crippen LogP) is 4.83. The minimum atomic E-state index is -2.36. The molecule has 6 aliphatic heterocycles. The van der Waals surface area contributed by atoms with Crippen LogP contribution < -0.4 is 9.64 Å². The quantitative estimate of drug-likeness (QED) is 0.137. The number of aliphatic hydroxyl groups is 1. The van der Waals surface area contributed by atoms with Crippen molar-refractivity contribution in [2.45, 2.75) is 107 Å². The number of ether oxygens (including phenoxy) is 4. The number of likely N-dealkylation sites (N-methyl/N-ethyl adjacent to an activating group) is 1. The fourth-order valence-corrected chi connectivity index (χ4v) is 14.3. The van der Waals surface area contributed by atoms with Crippen molar-refractivity contribution in [3.63, 3.8) is 0 Å². The van der Waals surface area contributed by atoms with Crippen molar-refractivity contribution in [1.29, 1.82) is 0 Å². The highest BCUT2D eigenvalue weighted by atomic mass is 16.6. The largest absolute Gasteiger partial charge is 0.496 e. The molecule has 1 saturated carbocycles. The highest BCUT2D eigenvalue weighted by Crippen LogP contribution is 2.68. The van der Waals surface area contributed by atoms with Gasteiger partial charge in [-0.2, -0.15) is 0 Å². The van der Waals surface area contributed by atoms with E-state index in [-0.39, 0.29) is 42.7 Å². The molecule has 1 aliphatic carbocycles. The summed E-state index contributed by atoms with van der Waals surface area (Å²) >= 11 is 0. The smallest absolute Gasteiger partial charge is 0.344 e. The summed E-state index contributed by atoms with van der Waals surface area (Å²) in [5, 5.41) is 14.3. The number of anilines is 1. The molecule has 1 spiro atoms. The van der Waals surface area contributed by atoms with Crippen LogP contribution >= 0.6 is 0 Å². The van der Waals surface area contributed by atoms with Gasteiger partial charge in [-0.1, -0.05) is 55.8 Å². The predicted molar refractivity (Wildman–Crippen MR) is 248 cm³/mol. The Labute approximate surface area is 390 Å². The van der Waals surface area contributed by atoms with Crippen molar-refractivity contribution >= 4 is 46.3 Å². The zero-order valence-electron chi connectivity index (χ0n) is 39.9. The number of benzene rings is 2. The summed E-state index contributed by atoms with van der Waals surface area (Å²) in [6.45, 7) is 11.1. The van der Waals surface area contributed by atoms with Crippen LogP contribution in [0.25, 0.3) is 10.9 Å². The lowest BCUT2D eigenvalue weighted by Gasteiger charge is -2.63. The van der Waals surface area contributed by atoms with E-state index in [4.69, 9.17) is 18.9 Å². The SMILES string of the molecule is CCC1=C[C@H]2CN(C1)C1=C(Cc3c([nH]c4ccccc34)[C@@](C(=O)OC)(c3cc4c(cc3OC)N(C)[C@H]3[C@@](O)(C(=O)OC)[C@H](OC(C)=O)[C@]5(CC)C=CCN6CC[C@]43[C@@H]65)C2)C(=O)N(C(C)C)C1=O. The van der Waals surface area contributed by atoms with Crippen molar-refractivity contribution in [2.24, 2.45) is 11.3 Å². The van der Waals surface area contributed by atoms with Gasteiger partial charge >= 0.3 is 17.9 Å². The third-order valence-electron chi connectivity index (χ3n) is 16.7. The summed E-state index contributed by atoms with van der Waals surface area (Å²) < 4.78 is 24.1. The van der Waals surface area contributed by atoms with E-state index < -0.39 is 51.9 Å². The number of para-hydroxylation sites is 1. The van der Waals surface area contributed by atoms with Gasteiger partial charge in [-0.25, -0.2) is 4.79 Å². The number of amides is 2. The molecule has 15 heteroatoms. The van der Waals surface area contributed by atoms with Gasteiger partial charge in [-0.3, -0.25) is 29.0 Å². The van der Waals surface area contributed by atoms with Gasteiger partial charge in [-0.05, 0) is 75.3 Å². The molecular formula is C52H61N5O10. The van der Waals surface area contributed by atoms with Gasteiger partial charge in [0.25, 0.3) is 11.8 Å². The average molecular weight is 916 g/mol. The molecule has 15 nitrogen and oxygen atoms in total. The minimum Gasteiger partial charge on any atom is -0.496 e. The van der Waals surface area contributed by atoms with E-state index in [2.05, 4.69) is 29.0 Å². The van der Waals surface area contributed by atoms with Crippen LogP contribution in [0, 0.1) is 11.3 Å². The highest BCUT2D eigenvalue weighted by Gasteiger charge is 2.80. The number of rotatable bonds is 8. The number of fused-ring (bicyclic) bond motifs is 7. The highest BCUT2D eigenvalue weighted by molar-refractivity contribution is 6.19. The monoisotopic (exact) mass is 915 g/mol. The first-order valence-electron chi connectivity index (χ1n) is 23.6. The Morgan fingerprint density at radius 3 is 2.40 bits per heavy atom. The number of carbonyl (C=O) groups excluding carboxylic acids is 5. The summed E-state index contributed by atoms with van der Waals surface area (Å²) in [6.07, 6.45) is 6.84. The fraction of sp³-hybridized carbons (Fsp3) is 0.519. The molecule has 1 aromatic heterocycles. The molecule has 8 atom stereocenters. The van der Waals surface area contributed by atoms with Crippen LogP contribution in [0.15, 0.2) is 71.5 Å². The number of carbonyl (C=O) groups is 5. The van der Waals surface area contributed by atoms with E-state index in [1.54, 1.807) is 7.11 Å². The molecule has 67 heavy (non-hydrogen) atoms. The summed E-state index contributed by atoms with van der Waals surface area (Å²) in [5.74, 6) is -2.71. The number of methoxy groups -OCH3 is 3. The van der Waals surface area contributed by atoms with Crippen molar-refractivity contribution in [2.75, 3.05) is 59.5 Å². The van der Waals surface area contributed by atoms with E-state index >= 15 is 4.79 Å². The van der Waals surface area contributed by atoms with E-state index in [1.165, 1.54) is 26.0 Å². The normalized spacial score (nSPS) is 31.9. The molecule has 2 N–H and O–H groups in total. The van der Waals surface area contributed by atoms with Crippen molar-refractivity contribution in [1.82, 2.24) is 19.7 Å². The zero-order valence-corrected chi connectivity index (χ0v) is 39.9. The van der Waals surface area contributed by atoms with Gasteiger partial charge in [0.2, 0.25) is 5.60 Å². The molecule has 0 unspecified atom stereocenters. The van der Waals surface area contributed by atoms with E-state index in [9.17, 15) is 24.3 Å². The second-order valence-corrected chi connectivity index (χ2v) is 20.0. The van der Waals surface area contributed by atoms with Crippen molar-refractivity contribution < 1.29 is 48.0 Å². The Kier molecular flexibility index (Phi) is 10.4. The van der Waals surface area contributed by atoms with Gasteiger partial charge in [0.05, 0.1) is 32.9 Å². The maximum Gasteiger partial charge on any atom is 0.344 e. The minimum absolute atomic E-state index is 0.0572. The molecule has 2 bridgehead atoms.